The zero-order valence-electron chi connectivity index (χ0n) is 16.6. The number of quaternary nitrogens is 1. The quantitative estimate of drug-likeness (QED) is 0.605. The van der Waals surface area contributed by atoms with Crippen molar-refractivity contribution in [3.05, 3.63) is 47.5 Å². The predicted octanol–water partition coefficient (Wildman–Crippen LogP) is 1.02. The molecule has 3 N–H and O–H groups in total. The van der Waals surface area contributed by atoms with Crippen molar-refractivity contribution >= 4 is 29.0 Å². The van der Waals surface area contributed by atoms with Gasteiger partial charge in [-0.3, -0.25) is 14.4 Å². The van der Waals surface area contributed by atoms with E-state index in [1.165, 1.54) is 6.92 Å². The Morgan fingerprint density at radius 3 is 2.17 bits per heavy atom. The largest absolute Gasteiger partial charge is 0.454 e. The SMILES string of the molecule is CC(=O)c1cc2c(cc1NC(=O)C[NH+](C)CC(=O)Nc1ccc(C)cc1)OCO2. The minimum atomic E-state index is -0.313. The highest BCUT2D eigenvalue weighted by molar-refractivity contribution is 6.04. The first-order valence-corrected chi connectivity index (χ1v) is 9.24. The highest BCUT2D eigenvalue weighted by atomic mass is 16.7. The summed E-state index contributed by atoms with van der Waals surface area (Å²) in [5.41, 5.74) is 2.53. The van der Waals surface area contributed by atoms with Crippen LogP contribution in [0.25, 0.3) is 0 Å². The lowest BCUT2D eigenvalue weighted by Gasteiger charge is -2.15. The van der Waals surface area contributed by atoms with Crippen molar-refractivity contribution in [1.82, 2.24) is 0 Å². The summed E-state index contributed by atoms with van der Waals surface area (Å²) in [7, 11) is 1.75. The Morgan fingerprint density at radius 1 is 0.966 bits per heavy atom. The average molecular weight is 398 g/mol. The Kier molecular flexibility index (Phi) is 6.13. The fourth-order valence-electron chi connectivity index (χ4n) is 2.98. The smallest absolute Gasteiger partial charge is 0.279 e. The molecular formula is C21H24N3O5+. The van der Waals surface area contributed by atoms with Crippen LogP contribution in [-0.4, -0.2) is 44.5 Å². The van der Waals surface area contributed by atoms with Gasteiger partial charge in [0.05, 0.1) is 12.7 Å². The van der Waals surface area contributed by atoms with E-state index in [4.69, 9.17) is 9.47 Å². The molecule has 0 saturated carbocycles. The van der Waals surface area contributed by atoms with Gasteiger partial charge in [0.1, 0.15) is 0 Å². The third kappa shape index (κ3) is 5.32. The summed E-state index contributed by atoms with van der Waals surface area (Å²) in [5, 5.41) is 5.54. The summed E-state index contributed by atoms with van der Waals surface area (Å²) in [6.07, 6.45) is 0. The van der Waals surface area contributed by atoms with Gasteiger partial charge in [-0.15, -0.1) is 0 Å². The van der Waals surface area contributed by atoms with Crippen molar-refractivity contribution in [3.63, 3.8) is 0 Å². The van der Waals surface area contributed by atoms with Gasteiger partial charge in [0.25, 0.3) is 11.8 Å². The van der Waals surface area contributed by atoms with Gasteiger partial charge in [-0.25, -0.2) is 0 Å². The van der Waals surface area contributed by atoms with Crippen LogP contribution in [0, 0.1) is 6.92 Å². The van der Waals surface area contributed by atoms with Crippen LogP contribution in [0.5, 0.6) is 11.5 Å². The molecule has 29 heavy (non-hydrogen) atoms. The first-order valence-electron chi connectivity index (χ1n) is 9.24. The van der Waals surface area contributed by atoms with Crippen molar-refractivity contribution in [2.75, 3.05) is 37.6 Å². The molecule has 8 heteroatoms. The molecule has 1 unspecified atom stereocenters. The minimum absolute atomic E-state index is 0.0626. The number of aryl methyl sites for hydroxylation is 1. The molecule has 0 fully saturated rings. The molecule has 2 aromatic carbocycles. The van der Waals surface area contributed by atoms with Gasteiger partial charge >= 0.3 is 0 Å². The number of amides is 2. The van der Waals surface area contributed by atoms with Crippen molar-refractivity contribution in [1.29, 1.82) is 0 Å². The fraction of sp³-hybridized carbons (Fsp3) is 0.286. The molecule has 1 atom stereocenters. The van der Waals surface area contributed by atoms with Crippen LogP contribution in [0.1, 0.15) is 22.8 Å². The van der Waals surface area contributed by atoms with Gasteiger partial charge in [0.15, 0.2) is 30.4 Å². The number of hydrogen-bond acceptors (Lipinski definition) is 5. The van der Waals surface area contributed by atoms with Gasteiger partial charge in [-0.05, 0) is 32.0 Å². The van der Waals surface area contributed by atoms with Crippen LogP contribution in [-0.2, 0) is 9.59 Å². The van der Waals surface area contributed by atoms with E-state index >= 15 is 0 Å². The number of ketones is 1. The normalized spacial score (nSPS) is 12.9. The molecule has 1 aliphatic rings. The number of carbonyl (C=O) groups is 3. The lowest BCUT2D eigenvalue weighted by molar-refractivity contribution is -0.862. The first-order chi connectivity index (χ1) is 13.8. The second-order valence-electron chi connectivity index (χ2n) is 7.08. The van der Waals surface area contributed by atoms with Crippen LogP contribution < -0.4 is 25.0 Å². The highest BCUT2D eigenvalue weighted by Crippen LogP contribution is 2.37. The second-order valence-corrected chi connectivity index (χ2v) is 7.08. The molecule has 0 bridgehead atoms. The standard InChI is InChI=1S/C21H23N3O5/c1-13-4-6-15(7-5-13)22-20(26)10-24(3)11-21(27)23-17-9-19-18(28-12-29-19)8-16(17)14(2)25/h4-9H,10-12H2,1-3H3,(H,22,26)(H,23,27)/p+1. The maximum Gasteiger partial charge on any atom is 0.279 e. The topological polar surface area (TPSA) is 98.2 Å². The number of likely N-dealkylation sites (N-methyl/N-ethyl adjacent to an activating group) is 1. The fourth-order valence-corrected chi connectivity index (χ4v) is 2.98. The number of carbonyl (C=O) groups excluding carboxylic acids is 3. The van der Waals surface area contributed by atoms with Gasteiger partial charge in [0, 0.05) is 17.3 Å². The summed E-state index contributed by atoms with van der Waals surface area (Å²) < 4.78 is 10.6. The van der Waals surface area contributed by atoms with E-state index in [2.05, 4.69) is 10.6 Å². The number of anilines is 2. The van der Waals surface area contributed by atoms with Gasteiger partial charge in [0.2, 0.25) is 6.79 Å². The number of hydrogen-bond donors (Lipinski definition) is 3. The number of Topliss-reactive ketones (excluding diaryl/α,β-unsaturated/α-hetero) is 1. The van der Waals surface area contributed by atoms with E-state index < -0.39 is 0 Å². The van der Waals surface area contributed by atoms with Gasteiger partial charge < -0.3 is 25.0 Å². The third-order valence-electron chi connectivity index (χ3n) is 4.43. The number of benzene rings is 2. The van der Waals surface area contributed by atoms with Gasteiger partial charge in [-0.1, -0.05) is 17.7 Å². The zero-order valence-corrected chi connectivity index (χ0v) is 16.6. The maximum absolute atomic E-state index is 12.4. The van der Waals surface area contributed by atoms with E-state index in [1.54, 1.807) is 19.2 Å². The van der Waals surface area contributed by atoms with Crippen LogP contribution in [0.15, 0.2) is 36.4 Å². The molecule has 0 spiro atoms. The molecule has 0 aliphatic carbocycles. The highest BCUT2D eigenvalue weighted by Gasteiger charge is 2.21. The Labute approximate surface area is 168 Å². The van der Waals surface area contributed by atoms with Crippen LogP contribution in [0.2, 0.25) is 0 Å². The van der Waals surface area contributed by atoms with E-state index in [1.807, 2.05) is 31.2 Å². The lowest BCUT2D eigenvalue weighted by Crippen LogP contribution is -3.11. The summed E-state index contributed by atoms with van der Waals surface area (Å²) in [5.74, 6) is 0.252. The first kappa shape index (κ1) is 20.3. The molecule has 3 rings (SSSR count). The summed E-state index contributed by atoms with van der Waals surface area (Å²) in [6.45, 7) is 3.65. The Hall–Kier alpha value is -3.39. The maximum atomic E-state index is 12.4. The monoisotopic (exact) mass is 398 g/mol. The zero-order chi connectivity index (χ0) is 21.0. The molecule has 0 radical (unpaired) electrons. The molecule has 152 valence electrons. The average Bonchev–Trinajstić information content (AvgIpc) is 3.09. The molecule has 0 aromatic heterocycles. The van der Waals surface area contributed by atoms with Gasteiger partial charge in [-0.2, -0.15) is 0 Å². The predicted molar refractivity (Wildman–Crippen MR) is 108 cm³/mol. The Morgan fingerprint density at radius 2 is 1.55 bits per heavy atom. The second kappa shape index (κ2) is 8.74. The molecule has 1 aliphatic heterocycles. The summed E-state index contributed by atoms with van der Waals surface area (Å²) in [6, 6.07) is 10.6. The molecule has 8 nitrogen and oxygen atoms in total. The van der Waals surface area contributed by atoms with Crippen LogP contribution in [0.3, 0.4) is 0 Å². The van der Waals surface area contributed by atoms with Crippen LogP contribution >= 0.6 is 0 Å². The van der Waals surface area contributed by atoms with Crippen LogP contribution in [0.4, 0.5) is 11.4 Å². The lowest BCUT2D eigenvalue weighted by atomic mass is 10.1. The molecule has 1 heterocycles. The van der Waals surface area contributed by atoms with E-state index in [-0.39, 0.29) is 37.5 Å². The van der Waals surface area contributed by atoms with E-state index in [0.717, 1.165) is 5.56 Å². The Balaban J connectivity index is 1.57. The number of fused-ring (bicyclic) bond motifs is 1. The molecule has 2 amide bonds. The van der Waals surface area contributed by atoms with Crippen molar-refractivity contribution < 1.29 is 28.8 Å². The molecular weight excluding hydrogens is 374 g/mol. The number of rotatable bonds is 7. The molecule has 0 saturated heterocycles. The molecule has 2 aromatic rings. The van der Waals surface area contributed by atoms with E-state index in [9.17, 15) is 14.4 Å². The van der Waals surface area contributed by atoms with E-state index in [0.29, 0.717) is 33.3 Å². The number of ether oxygens (including phenoxy) is 2. The van der Waals surface area contributed by atoms with Crippen molar-refractivity contribution in [2.24, 2.45) is 0 Å². The minimum Gasteiger partial charge on any atom is -0.454 e. The third-order valence-corrected chi connectivity index (χ3v) is 4.43. The Bertz CT molecular complexity index is 940. The summed E-state index contributed by atoms with van der Waals surface area (Å²) >= 11 is 0. The van der Waals surface area contributed by atoms with Crippen molar-refractivity contribution in [3.8, 4) is 11.5 Å². The summed E-state index contributed by atoms with van der Waals surface area (Å²) in [4.78, 5) is 37.2. The number of nitrogens with one attached hydrogen (secondary N) is 3. The van der Waals surface area contributed by atoms with Crippen molar-refractivity contribution in [2.45, 2.75) is 13.8 Å².